The zero-order valence-corrected chi connectivity index (χ0v) is 8.84. The highest BCUT2D eigenvalue weighted by molar-refractivity contribution is 7.98. The molecule has 0 heterocycles. The van der Waals surface area contributed by atoms with Crippen LogP contribution < -0.4 is 4.72 Å². The molecule has 0 saturated heterocycles. The standard InChI is InChI=1S/C9H12N2O2S/c1-11(2)14-10-8-5-3-7(4-6-8)9(12)13/h3-6,10H,1-2H3,(H,12,13). The molecule has 1 rings (SSSR count). The summed E-state index contributed by atoms with van der Waals surface area (Å²) >= 11 is 1.43. The van der Waals surface area contributed by atoms with E-state index in [0.29, 0.717) is 5.56 Å². The van der Waals surface area contributed by atoms with Gasteiger partial charge in [-0.1, -0.05) is 0 Å². The van der Waals surface area contributed by atoms with E-state index in [1.807, 2.05) is 18.4 Å². The van der Waals surface area contributed by atoms with Crippen LogP contribution in [0.15, 0.2) is 24.3 Å². The number of hydrogen-bond acceptors (Lipinski definition) is 4. The molecule has 0 aliphatic carbocycles. The Labute approximate surface area is 87.2 Å². The number of nitrogens with one attached hydrogen (secondary N) is 1. The van der Waals surface area contributed by atoms with Gasteiger partial charge >= 0.3 is 5.97 Å². The first-order valence-electron chi connectivity index (χ1n) is 4.03. The summed E-state index contributed by atoms with van der Waals surface area (Å²) in [5, 5.41) is 8.66. The number of carboxylic acid groups (broad SMARTS) is 1. The van der Waals surface area contributed by atoms with Crippen molar-refractivity contribution < 1.29 is 9.90 Å². The zero-order valence-electron chi connectivity index (χ0n) is 8.02. The van der Waals surface area contributed by atoms with Gasteiger partial charge in [0.2, 0.25) is 0 Å². The van der Waals surface area contributed by atoms with Gasteiger partial charge in [0, 0.05) is 17.8 Å². The topological polar surface area (TPSA) is 52.6 Å². The van der Waals surface area contributed by atoms with Gasteiger partial charge in [0.25, 0.3) is 0 Å². The van der Waals surface area contributed by atoms with Crippen LogP contribution in [0, 0.1) is 0 Å². The van der Waals surface area contributed by atoms with Crippen molar-refractivity contribution in [3.63, 3.8) is 0 Å². The maximum atomic E-state index is 10.5. The van der Waals surface area contributed by atoms with Crippen molar-refractivity contribution in [1.82, 2.24) is 4.31 Å². The summed E-state index contributed by atoms with van der Waals surface area (Å²) in [6.45, 7) is 0. The number of aromatic carboxylic acids is 1. The molecule has 0 radical (unpaired) electrons. The van der Waals surface area contributed by atoms with Crippen molar-refractivity contribution in [2.24, 2.45) is 0 Å². The van der Waals surface area contributed by atoms with Gasteiger partial charge in [-0.15, -0.1) is 0 Å². The Kier molecular flexibility index (Phi) is 3.79. The molecule has 0 spiro atoms. The Bertz CT molecular complexity index is 311. The van der Waals surface area contributed by atoms with Gasteiger partial charge in [-0.3, -0.25) is 0 Å². The van der Waals surface area contributed by atoms with Crippen LogP contribution in [0.4, 0.5) is 5.69 Å². The van der Waals surface area contributed by atoms with Crippen molar-refractivity contribution in [2.75, 3.05) is 18.8 Å². The molecule has 0 fully saturated rings. The number of benzene rings is 1. The Hall–Kier alpha value is -1.20. The normalized spacial score (nSPS) is 10.2. The lowest BCUT2D eigenvalue weighted by Crippen LogP contribution is -2.04. The van der Waals surface area contributed by atoms with Gasteiger partial charge in [0.1, 0.15) is 0 Å². The smallest absolute Gasteiger partial charge is 0.335 e. The minimum atomic E-state index is -0.906. The monoisotopic (exact) mass is 212 g/mol. The summed E-state index contributed by atoms with van der Waals surface area (Å²) in [4.78, 5) is 10.5. The van der Waals surface area contributed by atoms with Crippen LogP contribution in [-0.4, -0.2) is 29.5 Å². The van der Waals surface area contributed by atoms with E-state index in [1.54, 1.807) is 24.3 Å². The summed E-state index contributed by atoms with van der Waals surface area (Å²) in [6.07, 6.45) is 0. The Balaban J connectivity index is 2.60. The quantitative estimate of drug-likeness (QED) is 0.747. The summed E-state index contributed by atoms with van der Waals surface area (Å²) in [7, 11) is 3.84. The Morgan fingerprint density at radius 2 is 1.93 bits per heavy atom. The summed E-state index contributed by atoms with van der Waals surface area (Å²) < 4.78 is 4.97. The molecule has 76 valence electrons. The number of nitrogens with zero attached hydrogens (tertiary/aromatic N) is 1. The second-order valence-corrected chi connectivity index (χ2v) is 4.01. The van der Waals surface area contributed by atoms with Crippen molar-refractivity contribution in [3.8, 4) is 0 Å². The average Bonchev–Trinajstić information content (AvgIpc) is 2.15. The lowest BCUT2D eigenvalue weighted by atomic mass is 10.2. The second kappa shape index (κ2) is 4.88. The minimum Gasteiger partial charge on any atom is -0.478 e. The predicted octanol–water partition coefficient (Wildman–Crippen LogP) is 1.92. The molecule has 2 N–H and O–H groups in total. The maximum Gasteiger partial charge on any atom is 0.335 e. The van der Waals surface area contributed by atoms with Gasteiger partial charge in [-0.2, -0.15) is 0 Å². The highest BCUT2D eigenvalue weighted by Gasteiger charge is 2.01. The lowest BCUT2D eigenvalue weighted by Gasteiger charge is -2.09. The number of carboxylic acids is 1. The van der Waals surface area contributed by atoms with Crippen LogP contribution in [0.25, 0.3) is 0 Å². The molecular weight excluding hydrogens is 200 g/mol. The molecule has 0 bridgehead atoms. The van der Waals surface area contributed by atoms with Crippen LogP contribution in [-0.2, 0) is 0 Å². The fraction of sp³-hybridized carbons (Fsp3) is 0.222. The van der Waals surface area contributed by atoms with E-state index in [2.05, 4.69) is 4.72 Å². The molecule has 4 nitrogen and oxygen atoms in total. The number of rotatable bonds is 4. The largest absolute Gasteiger partial charge is 0.478 e. The molecule has 0 aliphatic heterocycles. The van der Waals surface area contributed by atoms with Gasteiger partial charge in [-0.05, 0) is 38.4 Å². The van der Waals surface area contributed by atoms with Gasteiger partial charge < -0.3 is 9.83 Å². The van der Waals surface area contributed by atoms with E-state index in [1.165, 1.54) is 12.1 Å². The van der Waals surface area contributed by atoms with E-state index < -0.39 is 5.97 Å². The SMILES string of the molecule is CN(C)SNc1ccc(C(=O)O)cc1. The van der Waals surface area contributed by atoms with Crippen LogP contribution in [0.3, 0.4) is 0 Å². The average molecular weight is 212 g/mol. The lowest BCUT2D eigenvalue weighted by molar-refractivity contribution is 0.0697. The second-order valence-electron chi connectivity index (χ2n) is 2.89. The van der Waals surface area contributed by atoms with Crippen LogP contribution in [0.2, 0.25) is 0 Å². The summed E-state index contributed by atoms with van der Waals surface area (Å²) in [5.74, 6) is -0.906. The van der Waals surface area contributed by atoms with Crippen LogP contribution in [0.1, 0.15) is 10.4 Å². The van der Waals surface area contributed by atoms with Crippen molar-refractivity contribution in [1.29, 1.82) is 0 Å². The fourth-order valence-electron chi connectivity index (χ4n) is 0.825. The molecule has 0 aliphatic rings. The first-order valence-corrected chi connectivity index (χ1v) is 4.80. The van der Waals surface area contributed by atoms with Crippen LogP contribution in [0.5, 0.6) is 0 Å². The van der Waals surface area contributed by atoms with Crippen molar-refractivity contribution >= 4 is 23.8 Å². The predicted molar refractivity (Wildman–Crippen MR) is 58.3 cm³/mol. The third-order valence-electron chi connectivity index (χ3n) is 1.48. The van der Waals surface area contributed by atoms with E-state index >= 15 is 0 Å². The maximum absolute atomic E-state index is 10.5. The summed E-state index contributed by atoms with van der Waals surface area (Å²) in [6, 6.07) is 6.61. The highest BCUT2D eigenvalue weighted by atomic mass is 32.2. The van der Waals surface area contributed by atoms with Gasteiger partial charge in [-0.25, -0.2) is 9.10 Å². The Morgan fingerprint density at radius 3 is 2.36 bits per heavy atom. The van der Waals surface area contributed by atoms with Gasteiger partial charge in [0.05, 0.1) is 5.56 Å². The first-order chi connectivity index (χ1) is 6.59. The molecule has 1 aromatic rings. The summed E-state index contributed by atoms with van der Waals surface area (Å²) in [5.41, 5.74) is 1.18. The van der Waals surface area contributed by atoms with E-state index in [0.717, 1.165) is 5.69 Å². The number of carbonyl (C=O) groups is 1. The molecule has 14 heavy (non-hydrogen) atoms. The van der Waals surface area contributed by atoms with Crippen molar-refractivity contribution in [3.05, 3.63) is 29.8 Å². The zero-order chi connectivity index (χ0) is 10.6. The molecule has 0 saturated carbocycles. The molecule has 0 unspecified atom stereocenters. The molecule has 0 aromatic heterocycles. The van der Waals surface area contributed by atoms with Crippen molar-refractivity contribution in [2.45, 2.75) is 0 Å². The molecule has 0 atom stereocenters. The minimum absolute atomic E-state index is 0.297. The van der Waals surface area contributed by atoms with E-state index in [-0.39, 0.29) is 0 Å². The van der Waals surface area contributed by atoms with E-state index in [4.69, 9.17) is 5.11 Å². The van der Waals surface area contributed by atoms with E-state index in [9.17, 15) is 4.79 Å². The number of anilines is 1. The third kappa shape index (κ3) is 3.27. The fourth-order valence-corrected chi connectivity index (χ4v) is 1.25. The molecule has 0 amide bonds. The first kappa shape index (κ1) is 10.9. The molecule has 1 aromatic carbocycles. The van der Waals surface area contributed by atoms with Gasteiger partial charge in [0.15, 0.2) is 0 Å². The third-order valence-corrected chi connectivity index (χ3v) is 2.17. The number of hydrogen-bond donors (Lipinski definition) is 2. The Morgan fingerprint density at radius 1 is 1.36 bits per heavy atom. The highest BCUT2D eigenvalue weighted by Crippen LogP contribution is 2.14. The molecular formula is C9H12N2O2S. The molecule has 5 heteroatoms. The van der Waals surface area contributed by atoms with Crippen LogP contribution >= 0.6 is 12.1 Å².